The number of halogens is 2. The van der Waals surface area contributed by atoms with Gasteiger partial charge in [0.2, 0.25) is 0 Å². The third-order valence-corrected chi connectivity index (χ3v) is 12.3. The zero-order chi connectivity index (χ0) is 24.3. The number of hydrogen-bond donors (Lipinski definition) is 0. The van der Waals surface area contributed by atoms with E-state index < -0.39 is 14.8 Å². The van der Waals surface area contributed by atoms with Crippen LogP contribution in [0.15, 0.2) is 36.4 Å². The molecule has 0 spiro atoms. The summed E-state index contributed by atoms with van der Waals surface area (Å²) in [7, 11) is -3.83. The smallest absolute Gasteiger partial charge is 0.162 e. The van der Waals surface area contributed by atoms with E-state index in [9.17, 15) is 0 Å². The van der Waals surface area contributed by atoms with Crippen molar-refractivity contribution in [2.24, 2.45) is 0 Å². The molecule has 0 aliphatic heterocycles. The number of benzene rings is 2. The van der Waals surface area contributed by atoms with Gasteiger partial charge in [-0.25, -0.2) is 0 Å². The van der Waals surface area contributed by atoms with E-state index in [0.717, 1.165) is 0 Å². The van der Waals surface area contributed by atoms with Crippen LogP contribution in [0.3, 0.4) is 0 Å². The minimum absolute atomic E-state index is 0.102. The van der Waals surface area contributed by atoms with Gasteiger partial charge in [0.1, 0.15) is 0 Å². The Hall–Kier alpha value is -0.546. The van der Waals surface area contributed by atoms with Gasteiger partial charge in [0, 0.05) is 5.41 Å². The first-order valence-corrected chi connectivity index (χ1v) is 21.2. The van der Waals surface area contributed by atoms with Gasteiger partial charge >= 0.3 is 0 Å². The molecular formula is C29H44Cl2Si2. The van der Waals surface area contributed by atoms with E-state index in [-0.39, 0.29) is 5.41 Å². The maximum Gasteiger partial charge on any atom is 0.180 e. The van der Waals surface area contributed by atoms with Crippen LogP contribution in [0.2, 0.25) is 26.2 Å². The number of unbranched alkanes of at least 4 members (excludes halogenated alkanes) is 6. The molecule has 2 aromatic carbocycles. The lowest BCUT2D eigenvalue weighted by Gasteiger charge is -2.34. The lowest BCUT2D eigenvalue weighted by Crippen LogP contribution is -2.38. The second-order valence-electron chi connectivity index (χ2n) is 11.2. The molecule has 0 nitrogen and oxygen atoms in total. The summed E-state index contributed by atoms with van der Waals surface area (Å²) >= 11 is 13.9. The van der Waals surface area contributed by atoms with Gasteiger partial charge in [0.05, 0.1) is 0 Å². The topological polar surface area (TPSA) is 0 Å². The van der Waals surface area contributed by atoms with Crippen LogP contribution in [0, 0.1) is 0 Å². The minimum atomic E-state index is -1.91. The van der Waals surface area contributed by atoms with Gasteiger partial charge in [0.25, 0.3) is 0 Å². The maximum atomic E-state index is 6.97. The van der Waals surface area contributed by atoms with Crippen LogP contribution in [-0.2, 0) is 5.41 Å². The van der Waals surface area contributed by atoms with E-state index in [0.29, 0.717) is 0 Å². The van der Waals surface area contributed by atoms with E-state index in [1.54, 1.807) is 11.1 Å². The van der Waals surface area contributed by atoms with Crippen molar-refractivity contribution in [3.05, 3.63) is 47.5 Å². The Morgan fingerprint density at radius 1 is 0.606 bits per heavy atom. The first-order valence-electron chi connectivity index (χ1n) is 13.2. The van der Waals surface area contributed by atoms with Crippen LogP contribution in [0.25, 0.3) is 11.1 Å². The highest BCUT2D eigenvalue weighted by molar-refractivity contribution is 7.26. The summed E-state index contributed by atoms with van der Waals surface area (Å²) in [4.78, 5) is 0. The molecule has 0 bridgehead atoms. The van der Waals surface area contributed by atoms with Crippen LogP contribution >= 0.6 is 22.2 Å². The highest BCUT2D eigenvalue weighted by atomic mass is 35.6. The van der Waals surface area contributed by atoms with E-state index in [1.807, 2.05) is 0 Å². The molecule has 0 amide bonds. The van der Waals surface area contributed by atoms with Crippen molar-refractivity contribution in [2.45, 2.75) is 110 Å². The largest absolute Gasteiger partial charge is 0.180 e. The van der Waals surface area contributed by atoms with Crippen LogP contribution in [0.4, 0.5) is 0 Å². The van der Waals surface area contributed by atoms with Crippen molar-refractivity contribution < 1.29 is 0 Å². The van der Waals surface area contributed by atoms with Crippen LogP contribution < -0.4 is 10.4 Å². The molecule has 0 heterocycles. The van der Waals surface area contributed by atoms with Crippen LogP contribution in [-0.4, -0.2) is 14.8 Å². The molecule has 1 aliphatic carbocycles. The second-order valence-corrected chi connectivity index (χ2v) is 23.9. The summed E-state index contributed by atoms with van der Waals surface area (Å²) in [6.45, 7) is 13.6. The lowest BCUT2D eigenvalue weighted by atomic mass is 9.70. The van der Waals surface area contributed by atoms with Gasteiger partial charge in [-0.2, -0.15) is 22.2 Å². The molecule has 0 N–H and O–H groups in total. The highest BCUT2D eigenvalue weighted by Gasteiger charge is 2.43. The molecule has 3 rings (SSSR count). The Morgan fingerprint density at radius 3 is 1.33 bits per heavy atom. The Balaban J connectivity index is 2.18. The highest BCUT2D eigenvalue weighted by Crippen LogP contribution is 2.54. The zero-order valence-corrected chi connectivity index (χ0v) is 25.3. The molecule has 0 atom stereocenters. The fraction of sp³-hybridized carbons (Fsp3) is 0.586. The minimum Gasteiger partial charge on any atom is -0.162 e. The Morgan fingerprint density at radius 2 is 1.00 bits per heavy atom. The molecule has 0 saturated carbocycles. The summed E-state index contributed by atoms with van der Waals surface area (Å²) in [6.07, 6.45) is 12.9. The summed E-state index contributed by atoms with van der Waals surface area (Å²) in [5.74, 6) is 0. The fourth-order valence-electron chi connectivity index (χ4n) is 5.61. The molecule has 0 radical (unpaired) electrons. The summed E-state index contributed by atoms with van der Waals surface area (Å²) in [6, 6.07) is 14.4. The number of fused-ring (bicyclic) bond motifs is 3. The Labute approximate surface area is 214 Å². The molecule has 0 aromatic heterocycles. The average Bonchev–Trinajstić information content (AvgIpc) is 3.02. The SMILES string of the molecule is CCCCCCC1(CCCCCC)c2cc([Si](C)(C)Cl)ccc2-c2ccc([Si](C)(C)Cl)cc21. The van der Waals surface area contributed by atoms with Crippen molar-refractivity contribution in [2.75, 3.05) is 0 Å². The molecule has 0 saturated heterocycles. The van der Waals surface area contributed by atoms with Gasteiger partial charge < -0.3 is 0 Å². The zero-order valence-electron chi connectivity index (χ0n) is 21.8. The third kappa shape index (κ3) is 6.00. The second kappa shape index (κ2) is 11.0. The predicted octanol–water partition coefficient (Wildman–Crippen LogP) is 9.20. The normalized spacial score (nSPS) is 14.9. The molecule has 33 heavy (non-hydrogen) atoms. The predicted molar refractivity (Wildman–Crippen MR) is 156 cm³/mol. The lowest BCUT2D eigenvalue weighted by molar-refractivity contribution is 0.401. The summed E-state index contributed by atoms with van der Waals surface area (Å²) < 4.78 is 0. The monoisotopic (exact) mass is 518 g/mol. The van der Waals surface area contributed by atoms with E-state index >= 15 is 0 Å². The van der Waals surface area contributed by atoms with Crippen molar-refractivity contribution in [1.82, 2.24) is 0 Å². The molecule has 1 aliphatic rings. The van der Waals surface area contributed by atoms with E-state index in [4.69, 9.17) is 22.2 Å². The molecule has 0 fully saturated rings. The third-order valence-electron chi connectivity index (χ3n) is 7.65. The van der Waals surface area contributed by atoms with Crippen molar-refractivity contribution in [3.63, 3.8) is 0 Å². The molecule has 4 heteroatoms. The molecule has 0 unspecified atom stereocenters. The maximum absolute atomic E-state index is 6.97. The van der Waals surface area contributed by atoms with E-state index in [1.165, 1.54) is 85.7 Å². The molecule has 182 valence electrons. The van der Waals surface area contributed by atoms with Gasteiger partial charge in [-0.1, -0.05) is 128 Å². The van der Waals surface area contributed by atoms with Crippen LogP contribution in [0.5, 0.6) is 0 Å². The van der Waals surface area contributed by atoms with Gasteiger partial charge in [-0.3, -0.25) is 0 Å². The summed E-state index contributed by atoms with van der Waals surface area (Å²) in [5.41, 5.74) is 6.09. The standard InChI is InChI=1S/C29H44Cl2Si2/c1-7-9-11-13-19-29(20-14-12-10-8-2)27-21-23(32(3,4)30)15-17-25(27)26-18-16-24(22-28(26)29)33(5,6)31/h15-18,21-22H,7-14,19-20H2,1-6H3. The Kier molecular flexibility index (Phi) is 9.03. The van der Waals surface area contributed by atoms with Crippen molar-refractivity contribution >= 4 is 47.3 Å². The van der Waals surface area contributed by atoms with E-state index in [2.05, 4.69) is 76.4 Å². The average molecular weight is 520 g/mol. The van der Waals surface area contributed by atoms with Crippen molar-refractivity contribution in [1.29, 1.82) is 0 Å². The molecule has 2 aromatic rings. The number of rotatable bonds is 12. The molecular weight excluding hydrogens is 475 g/mol. The first-order chi connectivity index (χ1) is 15.5. The van der Waals surface area contributed by atoms with Gasteiger partial charge in [-0.05, 0) is 45.5 Å². The number of hydrogen-bond acceptors (Lipinski definition) is 0. The van der Waals surface area contributed by atoms with Crippen LogP contribution in [0.1, 0.15) is 89.2 Å². The Bertz CT molecular complexity index is 860. The van der Waals surface area contributed by atoms with Crippen molar-refractivity contribution in [3.8, 4) is 11.1 Å². The fourth-order valence-corrected chi connectivity index (χ4v) is 8.25. The first kappa shape index (κ1) is 27.0. The quantitative estimate of drug-likeness (QED) is 0.149. The summed E-state index contributed by atoms with van der Waals surface area (Å²) in [5, 5.41) is 2.74. The van der Waals surface area contributed by atoms with Gasteiger partial charge in [-0.15, -0.1) is 0 Å². The van der Waals surface area contributed by atoms with Gasteiger partial charge in [0.15, 0.2) is 14.8 Å².